The summed E-state index contributed by atoms with van der Waals surface area (Å²) in [5.74, 6) is 0.769. The van der Waals surface area contributed by atoms with E-state index in [2.05, 4.69) is 59.9 Å². The summed E-state index contributed by atoms with van der Waals surface area (Å²) in [7, 11) is 0. The van der Waals surface area contributed by atoms with Gasteiger partial charge < -0.3 is 9.30 Å². The Bertz CT molecular complexity index is 613. The molecule has 1 aliphatic heterocycles. The zero-order chi connectivity index (χ0) is 13.2. The molecule has 0 aliphatic carbocycles. The lowest BCUT2D eigenvalue weighted by atomic mass is 10.1. The maximum absolute atomic E-state index is 5.64. The molecule has 1 aromatic carbocycles. The molecule has 3 nitrogen and oxygen atoms in total. The lowest BCUT2D eigenvalue weighted by Crippen LogP contribution is -2.10. The molecule has 0 N–H and O–H groups in total. The van der Waals surface area contributed by atoms with E-state index in [-0.39, 0.29) is 6.04 Å². The van der Waals surface area contributed by atoms with Crippen molar-refractivity contribution in [3.63, 3.8) is 0 Å². The maximum atomic E-state index is 5.64. The Labute approximate surface area is 113 Å². The molecule has 0 fully saturated rings. The molecular formula is C16H18N2O. The quantitative estimate of drug-likeness (QED) is 0.827. The van der Waals surface area contributed by atoms with Crippen molar-refractivity contribution in [3.05, 3.63) is 59.4 Å². The van der Waals surface area contributed by atoms with Crippen molar-refractivity contribution in [2.75, 3.05) is 6.61 Å². The number of ether oxygens (including phenoxy) is 1. The highest BCUT2D eigenvalue weighted by atomic mass is 16.5. The summed E-state index contributed by atoms with van der Waals surface area (Å²) in [5.41, 5.74) is 3.64. The average Bonchev–Trinajstić information content (AvgIpc) is 2.98. The van der Waals surface area contributed by atoms with Crippen molar-refractivity contribution >= 4 is 5.90 Å². The van der Waals surface area contributed by atoms with Gasteiger partial charge in [-0.05, 0) is 31.5 Å². The molecule has 2 heterocycles. The molecule has 19 heavy (non-hydrogen) atoms. The molecule has 0 radical (unpaired) electrons. The van der Waals surface area contributed by atoms with Crippen LogP contribution < -0.4 is 0 Å². The van der Waals surface area contributed by atoms with Crippen LogP contribution in [0.25, 0.3) is 0 Å². The number of rotatable bonds is 3. The second kappa shape index (κ2) is 4.92. The van der Waals surface area contributed by atoms with Gasteiger partial charge in [-0.25, -0.2) is 4.99 Å². The Morgan fingerprint density at radius 1 is 1.32 bits per heavy atom. The molecule has 98 valence electrons. The summed E-state index contributed by atoms with van der Waals surface area (Å²) in [4.78, 5) is 4.52. The largest absolute Gasteiger partial charge is 0.474 e. The Hall–Kier alpha value is -2.03. The first kappa shape index (κ1) is 12.0. The third-order valence-electron chi connectivity index (χ3n) is 3.28. The van der Waals surface area contributed by atoms with Crippen LogP contribution in [-0.2, 0) is 11.3 Å². The maximum Gasteiger partial charge on any atom is 0.233 e. The predicted molar refractivity (Wildman–Crippen MR) is 76.7 cm³/mol. The van der Waals surface area contributed by atoms with Gasteiger partial charge >= 0.3 is 0 Å². The molecule has 0 saturated carbocycles. The Balaban J connectivity index is 1.87. The normalized spacial score (nSPS) is 18.2. The third-order valence-corrected chi connectivity index (χ3v) is 3.28. The van der Waals surface area contributed by atoms with Crippen molar-refractivity contribution in [1.82, 2.24) is 4.57 Å². The summed E-state index contributed by atoms with van der Waals surface area (Å²) in [6.45, 7) is 5.72. The van der Waals surface area contributed by atoms with Crippen molar-refractivity contribution in [3.8, 4) is 0 Å². The summed E-state index contributed by atoms with van der Waals surface area (Å²) >= 11 is 0. The van der Waals surface area contributed by atoms with Gasteiger partial charge in [0.15, 0.2) is 0 Å². The van der Waals surface area contributed by atoms with Gasteiger partial charge in [-0.1, -0.05) is 29.8 Å². The molecular weight excluding hydrogens is 236 g/mol. The van der Waals surface area contributed by atoms with Crippen LogP contribution in [0, 0.1) is 6.92 Å². The van der Waals surface area contributed by atoms with Gasteiger partial charge in [0.25, 0.3) is 0 Å². The molecule has 3 rings (SSSR count). The predicted octanol–water partition coefficient (Wildman–Crippen LogP) is 3.01. The number of aryl methyl sites for hydroxylation is 1. The fourth-order valence-corrected chi connectivity index (χ4v) is 2.37. The van der Waals surface area contributed by atoms with E-state index in [0.717, 1.165) is 18.1 Å². The number of benzene rings is 1. The van der Waals surface area contributed by atoms with Crippen LogP contribution in [0.5, 0.6) is 0 Å². The molecule has 0 unspecified atom stereocenters. The van der Waals surface area contributed by atoms with Gasteiger partial charge in [0.1, 0.15) is 12.3 Å². The molecule has 0 amide bonds. The molecule has 0 bridgehead atoms. The van der Waals surface area contributed by atoms with Crippen LogP contribution in [0.3, 0.4) is 0 Å². The highest BCUT2D eigenvalue weighted by molar-refractivity contribution is 5.93. The van der Waals surface area contributed by atoms with Gasteiger partial charge in [-0.2, -0.15) is 0 Å². The number of aliphatic imine (C=N–C) groups is 1. The van der Waals surface area contributed by atoms with E-state index in [4.69, 9.17) is 4.74 Å². The second-order valence-corrected chi connectivity index (χ2v) is 5.10. The fraction of sp³-hybridized carbons (Fsp3) is 0.312. The third kappa shape index (κ3) is 2.55. The van der Waals surface area contributed by atoms with Crippen molar-refractivity contribution < 1.29 is 4.74 Å². The molecule has 0 saturated heterocycles. The summed E-state index contributed by atoms with van der Waals surface area (Å²) in [6.07, 6.45) is 2.08. The smallest absolute Gasteiger partial charge is 0.233 e. The minimum Gasteiger partial charge on any atom is -0.474 e. The van der Waals surface area contributed by atoms with Crippen molar-refractivity contribution in [1.29, 1.82) is 0 Å². The van der Waals surface area contributed by atoms with Crippen LogP contribution in [0.15, 0.2) is 47.6 Å². The number of aromatic nitrogens is 1. The standard InChI is InChI=1S/C16H18N2O/c1-12-5-3-6-14(9-12)10-18-8-4-7-15(18)16-17-13(2)11-19-16/h3-9,13H,10-11H2,1-2H3/t13-/m0/s1. The van der Waals surface area contributed by atoms with E-state index in [9.17, 15) is 0 Å². The molecule has 0 spiro atoms. The summed E-state index contributed by atoms with van der Waals surface area (Å²) in [6, 6.07) is 12.9. The summed E-state index contributed by atoms with van der Waals surface area (Å²) in [5, 5.41) is 0. The minimum absolute atomic E-state index is 0.261. The van der Waals surface area contributed by atoms with E-state index in [1.54, 1.807) is 0 Å². The zero-order valence-corrected chi connectivity index (χ0v) is 11.3. The van der Waals surface area contributed by atoms with Gasteiger partial charge in [0.05, 0.1) is 6.04 Å². The van der Waals surface area contributed by atoms with Crippen LogP contribution in [0.1, 0.15) is 23.7 Å². The molecule has 2 aromatic rings. The van der Waals surface area contributed by atoms with Gasteiger partial charge in [-0.3, -0.25) is 0 Å². The van der Waals surface area contributed by atoms with Crippen molar-refractivity contribution in [2.24, 2.45) is 4.99 Å². The van der Waals surface area contributed by atoms with Gasteiger partial charge in [0.2, 0.25) is 5.90 Å². The van der Waals surface area contributed by atoms with Crippen LogP contribution in [0.2, 0.25) is 0 Å². The first-order valence-corrected chi connectivity index (χ1v) is 6.64. The van der Waals surface area contributed by atoms with Gasteiger partial charge in [0, 0.05) is 12.7 Å². The van der Waals surface area contributed by atoms with E-state index >= 15 is 0 Å². The van der Waals surface area contributed by atoms with E-state index in [1.807, 2.05) is 6.07 Å². The van der Waals surface area contributed by atoms with E-state index in [1.165, 1.54) is 11.1 Å². The molecule has 3 heteroatoms. The zero-order valence-electron chi connectivity index (χ0n) is 11.3. The number of hydrogen-bond acceptors (Lipinski definition) is 2. The van der Waals surface area contributed by atoms with Crippen LogP contribution in [-0.4, -0.2) is 23.1 Å². The minimum atomic E-state index is 0.261. The second-order valence-electron chi connectivity index (χ2n) is 5.10. The van der Waals surface area contributed by atoms with E-state index < -0.39 is 0 Å². The fourth-order valence-electron chi connectivity index (χ4n) is 2.37. The first-order valence-electron chi connectivity index (χ1n) is 6.64. The molecule has 1 atom stereocenters. The van der Waals surface area contributed by atoms with Gasteiger partial charge in [-0.15, -0.1) is 0 Å². The number of hydrogen-bond donors (Lipinski definition) is 0. The molecule has 1 aliphatic rings. The number of nitrogens with zero attached hydrogens (tertiary/aromatic N) is 2. The SMILES string of the molecule is Cc1cccc(Cn2cccc2C2=N[C@@H](C)CO2)c1. The van der Waals surface area contributed by atoms with Crippen molar-refractivity contribution in [2.45, 2.75) is 26.4 Å². The van der Waals surface area contributed by atoms with Crippen LogP contribution >= 0.6 is 0 Å². The average molecular weight is 254 g/mol. The monoisotopic (exact) mass is 254 g/mol. The Morgan fingerprint density at radius 2 is 2.21 bits per heavy atom. The Kier molecular flexibility index (Phi) is 3.11. The lowest BCUT2D eigenvalue weighted by Gasteiger charge is -2.09. The summed E-state index contributed by atoms with van der Waals surface area (Å²) < 4.78 is 7.83. The first-order chi connectivity index (χ1) is 9.22. The Morgan fingerprint density at radius 3 is 2.95 bits per heavy atom. The highest BCUT2D eigenvalue weighted by Gasteiger charge is 2.18. The van der Waals surface area contributed by atoms with Crippen LogP contribution in [0.4, 0.5) is 0 Å². The molecule has 1 aromatic heterocycles. The lowest BCUT2D eigenvalue weighted by molar-refractivity contribution is 0.322. The van der Waals surface area contributed by atoms with E-state index in [0.29, 0.717) is 6.61 Å². The highest BCUT2D eigenvalue weighted by Crippen LogP contribution is 2.15. The topological polar surface area (TPSA) is 26.5 Å².